The number of nitrogens with one attached hydrogen (secondary N) is 1. The Morgan fingerprint density at radius 1 is 1.06 bits per heavy atom. The first kappa shape index (κ1) is 23.5. The van der Waals surface area contributed by atoms with Crippen molar-refractivity contribution in [2.45, 2.75) is 32.7 Å². The molecule has 1 heterocycles. The third-order valence-electron chi connectivity index (χ3n) is 5.25. The minimum absolute atomic E-state index is 0.204. The van der Waals surface area contributed by atoms with Crippen LogP contribution in [0.3, 0.4) is 0 Å². The Bertz CT molecular complexity index is 1190. The van der Waals surface area contributed by atoms with Gasteiger partial charge in [-0.2, -0.15) is 0 Å². The van der Waals surface area contributed by atoms with Crippen molar-refractivity contribution in [1.29, 1.82) is 0 Å². The molecular weight excluding hydrogens is 422 g/mol. The van der Waals surface area contributed by atoms with E-state index in [1.54, 1.807) is 36.7 Å². The highest BCUT2D eigenvalue weighted by molar-refractivity contribution is 7.92. The Balaban J connectivity index is 1.96. The summed E-state index contributed by atoms with van der Waals surface area (Å²) in [6.07, 6.45) is 5.03. The zero-order valence-electron chi connectivity index (χ0n) is 18.9. The van der Waals surface area contributed by atoms with E-state index < -0.39 is 15.6 Å². The maximum Gasteiger partial charge on any atom is 0.251 e. The smallest absolute Gasteiger partial charge is 0.251 e. The molecule has 0 aliphatic carbocycles. The number of hydrogen-bond donors (Lipinski definition) is 1. The fourth-order valence-corrected chi connectivity index (χ4v) is 4.62. The van der Waals surface area contributed by atoms with Gasteiger partial charge in [-0.1, -0.05) is 49.4 Å². The lowest BCUT2D eigenvalue weighted by Crippen LogP contribution is -2.40. The molecule has 0 saturated heterocycles. The summed E-state index contributed by atoms with van der Waals surface area (Å²) < 4.78 is 26.2. The van der Waals surface area contributed by atoms with Crippen LogP contribution in [-0.4, -0.2) is 32.1 Å². The lowest BCUT2D eigenvalue weighted by atomic mass is 9.93. The van der Waals surface area contributed by atoms with Crippen LogP contribution in [0, 0.1) is 0 Å². The molecule has 1 amide bonds. The SMILES string of the molecule is CCCN(c1cnccc1-c1cccc(C(=O)NC(C)(C)c2ccccc2)c1)S(C)(=O)=O. The summed E-state index contributed by atoms with van der Waals surface area (Å²) in [6, 6.07) is 18.8. The van der Waals surface area contributed by atoms with Crippen molar-refractivity contribution in [3.63, 3.8) is 0 Å². The second-order valence-electron chi connectivity index (χ2n) is 8.25. The predicted octanol–water partition coefficient (Wildman–Crippen LogP) is 4.59. The van der Waals surface area contributed by atoms with Crippen LogP contribution in [0.15, 0.2) is 73.1 Å². The van der Waals surface area contributed by atoms with Gasteiger partial charge in [0, 0.05) is 23.9 Å². The highest BCUT2D eigenvalue weighted by Gasteiger charge is 2.24. The van der Waals surface area contributed by atoms with Crippen molar-refractivity contribution in [2.75, 3.05) is 17.1 Å². The van der Waals surface area contributed by atoms with Crippen LogP contribution in [-0.2, 0) is 15.6 Å². The molecule has 0 saturated carbocycles. The van der Waals surface area contributed by atoms with Gasteiger partial charge >= 0.3 is 0 Å². The fraction of sp³-hybridized carbons (Fsp3) is 0.280. The van der Waals surface area contributed by atoms with Crippen molar-refractivity contribution in [2.24, 2.45) is 0 Å². The molecular formula is C25H29N3O3S. The molecule has 7 heteroatoms. The first-order chi connectivity index (χ1) is 15.1. The summed E-state index contributed by atoms with van der Waals surface area (Å²) in [4.78, 5) is 17.2. The van der Waals surface area contributed by atoms with E-state index in [1.165, 1.54) is 10.6 Å². The second kappa shape index (κ2) is 9.53. The largest absolute Gasteiger partial charge is 0.343 e. The van der Waals surface area contributed by atoms with Crippen LogP contribution in [0.1, 0.15) is 43.1 Å². The molecule has 6 nitrogen and oxygen atoms in total. The molecule has 0 radical (unpaired) electrons. The summed E-state index contributed by atoms with van der Waals surface area (Å²) in [6.45, 7) is 6.19. The summed E-state index contributed by atoms with van der Waals surface area (Å²) in [5.74, 6) is -0.204. The van der Waals surface area contributed by atoms with E-state index in [0.717, 1.165) is 11.1 Å². The van der Waals surface area contributed by atoms with Gasteiger partial charge in [-0.25, -0.2) is 8.42 Å². The van der Waals surface area contributed by atoms with Gasteiger partial charge in [-0.05, 0) is 49.6 Å². The Kier molecular flexibility index (Phi) is 6.99. The molecule has 168 valence electrons. The number of anilines is 1. The Hall–Kier alpha value is -3.19. The molecule has 2 aromatic carbocycles. The first-order valence-electron chi connectivity index (χ1n) is 10.5. The van der Waals surface area contributed by atoms with Gasteiger partial charge in [0.25, 0.3) is 5.91 Å². The normalized spacial score (nSPS) is 11.8. The number of nitrogens with zero attached hydrogens (tertiary/aromatic N) is 2. The average Bonchev–Trinajstić information content (AvgIpc) is 2.77. The Morgan fingerprint density at radius 3 is 2.44 bits per heavy atom. The van der Waals surface area contributed by atoms with Gasteiger partial charge in [0.2, 0.25) is 10.0 Å². The number of pyridine rings is 1. The van der Waals surface area contributed by atoms with Crippen LogP contribution < -0.4 is 9.62 Å². The highest BCUT2D eigenvalue weighted by Crippen LogP contribution is 2.32. The third kappa shape index (κ3) is 5.34. The maximum atomic E-state index is 13.1. The van der Waals surface area contributed by atoms with Crippen LogP contribution in [0.25, 0.3) is 11.1 Å². The number of benzene rings is 2. The molecule has 0 spiro atoms. The molecule has 3 aromatic rings. The van der Waals surface area contributed by atoms with Gasteiger partial charge in [0.1, 0.15) is 0 Å². The minimum Gasteiger partial charge on any atom is -0.343 e. The van der Waals surface area contributed by atoms with Gasteiger partial charge in [0.15, 0.2) is 0 Å². The molecule has 1 N–H and O–H groups in total. The molecule has 1 aromatic heterocycles. The molecule has 0 unspecified atom stereocenters. The van der Waals surface area contributed by atoms with Crippen LogP contribution in [0.4, 0.5) is 5.69 Å². The monoisotopic (exact) mass is 451 g/mol. The highest BCUT2D eigenvalue weighted by atomic mass is 32.2. The maximum absolute atomic E-state index is 13.1. The van der Waals surface area contributed by atoms with E-state index in [-0.39, 0.29) is 5.91 Å². The molecule has 0 aliphatic rings. The average molecular weight is 452 g/mol. The van der Waals surface area contributed by atoms with E-state index in [0.29, 0.717) is 29.8 Å². The van der Waals surface area contributed by atoms with Gasteiger partial charge < -0.3 is 5.32 Å². The number of aromatic nitrogens is 1. The molecule has 0 atom stereocenters. The molecule has 0 aliphatic heterocycles. The van der Waals surface area contributed by atoms with Crippen molar-refractivity contribution in [3.8, 4) is 11.1 Å². The van der Waals surface area contributed by atoms with Crippen molar-refractivity contribution >= 4 is 21.6 Å². The summed E-state index contributed by atoms with van der Waals surface area (Å²) >= 11 is 0. The zero-order valence-corrected chi connectivity index (χ0v) is 19.7. The van der Waals surface area contributed by atoms with Crippen molar-refractivity contribution in [1.82, 2.24) is 10.3 Å². The van der Waals surface area contributed by atoms with Crippen LogP contribution >= 0.6 is 0 Å². The number of sulfonamides is 1. The molecule has 3 rings (SSSR count). The minimum atomic E-state index is -3.48. The summed E-state index contributed by atoms with van der Waals surface area (Å²) in [5, 5.41) is 3.09. The predicted molar refractivity (Wildman–Crippen MR) is 129 cm³/mol. The second-order valence-corrected chi connectivity index (χ2v) is 10.2. The first-order valence-corrected chi connectivity index (χ1v) is 12.4. The number of carbonyl (C=O) groups excluding carboxylic acids is 1. The lowest BCUT2D eigenvalue weighted by molar-refractivity contribution is 0.0912. The van der Waals surface area contributed by atoms with E-state index in [9.17, 15) is 13.2 Å². The topological polar surface area (TPSA) is 79.4 Å². The van der Waals surface area contributed by atoms with Gasteiger partial charge in [0.05, 0.1) is 23.7 Å². The molecule has 0 bridgehead atoms. The fourth-order valence-electron chi connectivity index (χ4n) is 3.61. The van der Waals surface area contributed by atoms with E-state index in [1.807, 2.05) is 57.2 Å². The zero-order chi connectivity index (χ0) is 23.4. The number of hydrogen-bond acceptors (Lipinski definition) is 4. The van der Waals surface area contributed by atoms with Crippen molar-refractivity contribution < 1.29 is 13.2 Å². The Morgan fingerprint density at radius 2 is 1.78 bits per heavy atom. The summed E-state index contributed by atoms with van der Waals surface area (Å²) in [7, 11) is -3.48. The molecule has 32 heavy (non-hydrogen) atoms. The number of rotatable bonds is 8. The van der Waals surface area contributed by atoms with E-state index in [4.69, 9.17) is 0 Å². The van der Waals surface area contributed by atoms with Crippen LogP contribution in [0.5, 0.6) is 0 Å². The van der Waals surface area contributed by atoms with E-state index >= 15 is 0 Å². The summed E-state index contributed by atoms with van der Waals surface area (Å²) in [5.41, 5.74) is 2.90. The van der Waals surface area contributed by atoms with Gasteiger partial charge in [-0.3, -0.25) is 14.1 Å². The molecule has 0 fully saturated rings. The van der Waals surface area contributed by atoms with Crippen molar-refractivity contribution in [3.05, 3.63) is 84.2 Å². The lowest BCUT2D eigenvalue weighted by Gasteiger charge is -2.27. The Labute approximate surface area is 190 Å². The quantitative estimate of drug-likeness (QED) is 0.543. The third-order valence-corrected chi connectivity index (χ3v) is 6.43. The van der Waals surface area contributed by atoms with Gasteiger partial charge in [-0.15, -0.1) is 0 Å². The van der Waals surface area contributed by atoms with Crippen LogP contribution in [0.2, 0.25) is 0 Å². The number of carbonyl (C=O) groups is 1. The van der Waals surface area contributed by atoms with E-state index in [2.05, 4.69) is 10.3 Å². The standard InChI is InChI=1S/C25H29N3O3S/c1-5-16-28(32(4,30)31)23-18-26-15-14-22(23)19-10-9-11-20(17-19)24(29)27-25(2,3)21-12-7-6-8-13-21/h6-15,17-18H,5,16H2,1-4H3,(H,27,29). The number of amides is 1.